The second kappa shape index (κ2) is 13.6. The summed E-state index contributed by atoms with van der Waals surface area (Å²) in [5.41, 5.74) is 1.75. The SMILES string of the molecule is CCOCOC[C@H](C[C@H](Sc1ccccc1)C(=O)NO)NC(=O)C1CCC(C)CC1. The smallest absolute Gasteiger partial charge is 0.256 e. The molecule has 7 nitrogen and oxygen atoms in total. The Morgan fingerprint density at radius 3 is 2.50 bits per heavy atom. The van der Waals surface area contributed by atoms with E-state index in [0.29, 0.717) is 18.9 Å². The third kappa shape index (κ3) is 8.63. The molecule has 1 aliphatic rings. The van der Waals surface area contributed by atoms with Gasteiger partial charge in [0.2, 0.25) is 5.91 Å². The second-order valence-corrected chi connectivity index (χ2v) is 9.05. The molecule has 2 amide bonds. The molecule has 0 bridgehead atoms. The van der Waals surface area contributed by atoms with E-state index in [2.05, 4.69) is 12.2 Å². The monoisotopic (exact) mass is 438 g/mol. The highest BCUT2D eigenvalue weighted by molar-refractivity contribution is 8.00. The van der Waals surface area contributed by atoms with Crippen molar-refractivity contribution in [3.8, 4) is 0 Å². The predicted octanol–water partition coefficient (Wildman–Crippen LogP) is 3.36. The number of benzene rings is 1. The van der Waals surface area contributed by atoms with Gasteiger partial charge >= 0.3 is 0 Å². The van der Waals surface area contributed by atoms with E-state index in [9.17, 15) is 14.8 Å². The standard InChI is InChI=1S/C22H34N2O5S/c1-3-28-15-29-14-18(23-21(25)17-11-9-16(2)10-12-17)13-20(22(26)24-27)30-19-7-5-4-6-8-19/h4-8,16-18,20,27H,3,9-15H2,1-2H3,(H,23,25)(H,24,26)/t16?,17?,18-,20-/m0/s1. The van der Waals surface area contributed by atoms with Crippen molar-refractivity contribution in [2.45, 2.75) is 62.1 Å². The Morgan fingerprint density at radius 1 is 1.17 bits per heavy atom. The molecule has 0 heterocycles. The summed E-state index contributed by atoms with van der Waals surface area (Å²) < 4.78 is 10.8. The lowest BCUT2D eigenvalue weighted by atomic mass is 9.82. The van der Waals surface area contributed by atoms with Gasteiger partial charge in [0.1, 0.15) is 6.79 Å². The fourth-order valence-corrected chi connectivity index (χ4v) is 4.68. The highest BCUT2D eigenvalue weighted by Crippen LogP contribution is 2.29. The molecule has 8 heteroatoms. The van der Waals surface area contributed by atoms with Crippen LogP contribution >= 0.6 is 11.8 Å². The molecule has 0 aliphatic heterocycles. The Hall–Kier alpha value is -1.61. The zero-order valence-corrected chi connectivity index (χ0v) is 18.7. The van der Waals surface area contributed by atoms with E-state index >= 15 is 0 Å². The number of hydrogen-bond donors (Lipinski definition) is 3. The molecule has 1 saturated carbocycles. The van der Waals surface area contributed by atoms with Crippen LogP contribution in [0.25, 0.3) is 0 Å². The molecule has 1 aliphatic carbocycles. The van der Waals surface area contributed by atoms with Gasteiger partial charge in [-0.2, -0.15) is 0 Å². The van der Waals surface area contributed by atoms with Crippen LogP contribution in [0.1, 0.15) is 46.0 Å². The molecule has 1 aromatic carbocycles. The highest BCUT2D eigenvalue weighted by atomic mass is 32.2. The van der Waals surface area contributed by atoms with Crippen molar-refractivity contribution in [1.82, 2.24) is 10.8 Å². The van der Waals surface area contributed by atoms with Gasteiger partial charge in [0.05, 0.1) is 17.9 Å². The Kier molecular flexibility index (Phi) is 11.2. The molecule has 0 saturated heterocycles. The van der Waals surface area contributed by atoms with Crippen LogP contribution in [0.3, 0.4) is 0 Å². The number of thioether (sulfide) groups is 1. The normalized spacial score (nSPS) is 20.9. The number of rotatable bonds is 12. The van der Waals surface area contributed by atoms with Crippen molar-refractivity contribution in [3.63, 3.8) is 0 Å². The number of carbonyl (C=O) groups excluding carboxylic acids is 2. The van der Waals surface area contributed by atoms with Crippen LogP contribution in [0, 0.1) is 11.8 Å². The Balaban J connectivity index is 2.02. The number of nitrogens with one attached hydrogen (secondary N) is 2. The topological polar surface area (TPSA) is 96.9 Å². The zero-order chi connectivity index (χ0) is 21.8. The minimum Gasteiger partial charge on any atom is -0.356 e. The fraction of sp³-hybridized carbons (Fsp3) is 0.636. The van der Waals surface area contributed by atoms with Gasteiger partial charge in [-0.3, -0.25) is 14.8 Å². The van der Waals surface area contributed by atoms with E-state index in [1.54, 1.807) is 5.48 Å². The van der Waals surface area contributed by atoms with Crippen molar-refractivity contribution in [1.29, 1.82) is 0 Å². The minimum absolute atomic E-state index is 0.00230. The number of ether oxygens (including phenoxy) is 2. The van der Waals surface area contributed by atoms with E-state index < -0.39 is 11.2 Å². The van der Waals surface area contributed by atoms with Crippen LogP contribution in [0.15, 0.2) is 35.2 Å². The first-order chi connectivity index (χ1) is 14.5. The van der Waals surface area contributed by atoms with Gasteiger partial charge in [-0.25, -0.2) is 5.48 Å². The summed E-state index contributed by atoms with van der Waals surface area (Å²) in [7, 11) is 0. The summed E-state index contributed by atoms with van der Waals surface area (Å²) in [5, 5.41) is 11.7. The number of hydroxylamine groups is 1. The van der Waals surface area contributed by atoms with Gasteiger partial charge < -0.3 is 14.8 Å². The fourth-order valence-electron chi connectivity index (χ4n) is 3.54. The van der Waals surface area contributed by atoms with Gasteiger partial charge in [0.25, 0.3) is 5.91 Å². The van der Waals surface area contributed by atoms with E-state index in [-0.39, 0.29) is 31.3 Å². The molecule has 0 radical (unpaired) electrons. The molecule has 30 heavy (non-hydrogen) atoms. The van der Waals surface area contributed by atoms with E-state index in [4.69, 9.17) is 9.47 Å². The van der Waals surface area contributed by atoms with E-state index in [0.717, 1.165) is 30.6 Å². The Labute approximate surface area is 183 Å². The maximum atomic E-state index is 12.8. The first-order valence-electron chi connectivity index (χ1n) is 10.6. The van der Waals surface area contributed by atoms with Gasteiger partial charge in [-0.1, -0.05) is 25.1 Å². The highest BCUT2D eigenvalue weighted by Gasteiger charge is 2.29. The van der Waals surface area contributed by atoms with Gasteiger partial charge in [0.15, 0.2) is 0 Å². The molecule has 3 N–H and O–H groups in total. The average Bonchev–Trinajstić information content (AvgIpc) is 2.76. The van der Waals surface area contributed by atoms with Crippen molar-refractivity contribution < 1.29 is 24.3 Å². The third-order valence-corrected chi connectivity index (χ3v) is 6.58. The lowest BCUT2D eigenvalue weighted by Gasteiger charge is -2.28. The van der Waals surface area contributed by atoms with E-state index in [1.165, 1.54) is 11.8 Å². The summed E-state index contributed by atoms with van der Waals surface area (Å²) >= 11 is 1.35. The lowest BCUT2D eigenvalue weighted by molar-refractivity contribution is -0.131. The largest absolute Gasteiger partial charge is 0.356 e. The first kappa shape index (κ1) is 24.7. The number of carbonyl (C=O) groups is 2. The summed E-state index contributed by atoms with van der Waals surface area (Å²) in [6, 6.07) is 9.14. The average molecular weight is 439 g/mol. The summed E-state index contributed by atoms with van der Waals surface area (Å²) in [6.45, 7) is 5.00. The van der Waals surface area contributed by atoms with Crippen molar-refractivity contribution >= 4 is 23.6 Å². The Bertz CT molecular complexity index is 638. The van der Waals surface area contributed by atoms with E-state index in [1.807, 2.05) is 37.3 Å². The maximum Gasteiger partial charge on any atom is 0.256 e. The number of amides is 2. The van der Waals surface area contributed by atoms with Crippen LogP contribution in [-0.2, 0) is 19.1 Å². The molecule has 1 fully saturated rings. The van der Waals surface area contributed by atoms with Crippen LogP contribution in [0.2, 0.25) is 0 Å². The zero-order valence-electron chi connectivity index (χ0n) is 17.8. The maximum absolute atomic E-state index is 12.8. The molecule has 2 rings (SSSR count). The van der Waals surface area contributed by atoms with Gasteiger partial charge in [0, 0.05) is 17.4 Å². The number of hydrogen-bond acceptors (Lipinski definition) is 6. The minimum atomic E-state index is -0.579. The first-order valence-corrected chi connectivity index (χ1v) is 11.5. The van der Waals surface area contributed by atoms with Crippen molar-refractivity contribution in [2.24, 2.45) is 11.8 Å². The molecule has 0 aromatic heterocycles. The van der Waals surface area contributed by atoms with Crippen LogP contribution < -0.4 is 10.8 Å². The van der Waals surface area contributed by atoms with Gasteiger partial charge in [-0.05, 0) is 57.1 Å². The molecule has 2 atom stereocenters. The molecule has 0 unspecified atom stereocenters. The van der Waals surface area contributed by atoms with Crippen LogP contribution in [0.4, 0.5) is 0 Å². The second-order valence-electron chi connectivity index (χ2n) is 7.78. The molecule has 0 spiro atoms. The van der Waals surface area contributed by atoms with Crippen LogP contribution in [0.5, 0.6) is 0 Å². The quantitative estimate of drug-likeness (QED) is 0.152. The summed E-state index contributed by atoms with van der Waals surface area (Å²) in [4.78, 5) is 26.0. The molecule has 168 valence electrons. The molecular formula is C22H34N2O5S. The van der Waals surface area contributed by atoms with Crippen LogP contribution in [-0.4, -0.2) is 48.3 Å². The molecular weight excluding hydrogens is 404 g/mol. The van der Waals surface area contributed by atoms with Crippen molar-refractivity contribution in [3.05, 3.63) is 30.3 Å². The van der Waals surface area contributed by atoms with Crippen molar-refractivity contribution in [2.75, 3.05) is 20.0 Å². The summed E-state index contributed by atoms with van der Waals surface area (Å²) in [5.74, 6) is 0.181. The predicted molar refractivity (Wildman–Crippen MR) is 116 cm³/mol. The third-order valence-electron chi connectivity index (χ3n) is 5.35. The lowest BCUT2D eigenvalue weighted by Crippen LogP contribution is -2.45. The van der Waals surface area contributed by atoms with Gasteiger partial charge in [-0.15, -0.1) is 11.8 Å². The Morgan fingerprint density at radius 2 is 1.87 bits per heavy atom. The molecule has 1 aromatic rings. The summed E-state index contributed by atoms with van der Waals surface area (Å²) in [6.07, 6.45) is 4.22.